The highest BCUT2D eigenvalue weighted by Crippen LogP contribution is 2.39. The molecule has 0 aliphatic rings. The monoisotopic (exact) mass is 349 g/mol. The molecule has 0 aliphatic carbocycles. The van der Waals surface area contributed by atoms with Gasteiger partial charge in [-0.3, -0.25) is 0 Å². The number of aromatic nitrogens is 5. The molecule has 1 unspecified atom stereocenters. The molecule has 0 saturated carbocycles. The van der Waals surface area contributed by atoms with Crippen LogP contribution < -0.4 is 0 Å². The summed E-state index contributed by atoms with van der Waals surface area (Å²) in [5, 5.41) is 12.9. The van der Waals surface area contributed by atoms with Crippen molar-refractivity contribution < 1.29 is 4.52 Å². The first-order chi connectivity index (χ1) is 12.3. The smallest absolute Gasteiger partial charge is 0.245 e. The zero-order valence-electron chi connectivity index (χ0n) is 13.5. The highest BCUT2D eigenvalue weighted by Gasteiger charge is 2.24. The van der Waals surface area contributed by atoms with E-state index in [1.807, 2.05) is 72.3 Å². The Morgan fingerprint density at radius 2 is 1.72 bits per heavy atom. The molecule has 7 heteroatoms. The molecular weight excluding hydrogens is 334 g/mol. The van der Waals surface area contributed by atoms with Gasteiger partial charge in [-0.1, -0.05) is 77.6 Å². The summed E-state index contributed by atoms with van der Waals surface area (Å²) in [6, 6.07) is 19.8. The highest BCUT2D eigenvalue weighted by molar-refractivity contribution is 7.99. The standard InChI is InChI=1S/C18H15N5OS/c1-23-12-19-21-18(23)25-15(13-8-4-2-5-9-13)17-20-16(22-24-17)14-10-6-3-7-11-14/h2-12,15H,1H3. The third kappa shape index (κ3) is 3.32. The van der Waals surface area contributed by atoms with Gasteiger partial charge in [0.05, 0.1) is 0 Å². The summed E-state index contributed by atoms with van der Waals surface area (Å²) >= 11 is 1.53. The highest BCUT2D eigenvalue weighted by atomic mass is 32.2. The van der Waals surface area contributed by atoms with Crippen molar-refractivity contribution in [3.05, 3.63) is 78.4 Å². The minimum Gasteiger partial charge on any atom is -0.337 e. The van der Waals surface area contributed by atoms with Crippen LogP contribution >= 0.6 is 11.8 Å². The topological polar surface area (TPSA) is 69.6 Å². The molecule has 25 heavy (non-hydrogen) atoms. The predicted octanol–water partition coefficient (Wildman–Crippen LogP) is 3.75. The largest absolute Gasteiger partial charge is 0.337 e. The molecule has 2 heterocycles. The van der Waals surface area contributed by atoms with Crippen LogP contribution in [0.1, 0.15) is 16.7 Å². The summed E-state index contributed by atoms with van der Waals surface area (Å²) in [7, 11) is 1.91. The van der Waals surface area contributed by atoms with E-state index in [-0.39, 0.29) is 5.25 Å². The Balaban J connectivity index is 1.71. The van der Waals surface area contributed by atoms with E-state index < -0.39 is 0 Å². The Bertz CT molecular complexity index is 952. The lowest BCUT2D eigenvalue weighted by Gasteiger charge is -2.11. The van der Waals surface area contributed by atoms with Crippen LogP contribution in [0.5, 0.6) is 0 Å². The Morgan fingerprint density at radius 3 is 2.40 bits per heavy atom. The van der Waals surface area contributed by atoms with Crippen LogP contribution in [0.3, 0.4) is 0 Å². The molecule has 0 aliphatic heterocycles. The van der Waals surface area contributed by atoms with Crippen molar-refractivity contribution in [3.63, 3.8) is 0 Å². The summed E-state index contributed by atoms with van der Waals surface area (Å²) in [4.78, 5) is 4.61. The molecule has 2 aromatic heterocycles. The number of nitrogens with zero attached hydrogens (tertiary/aromatic N) is 5. The van der Waals surface area contributed by atoms with Gasteiger partial charge in [0.25, 0.3) is 0 Å². The Hall–Kier alpha value is -2.93. The van der Waals surface area contributed by atoms with Crippen LogP contribution in [0.2, 0.25) is 0 Å². The first kappa shape index (κ1) is 15.6. The van der Waals surface area contributed by atoms with Gasteiger partial charge in [-0.25, -0.2) is 0 Å². The van der Waals surface area contributed by atoms with Crippen LogP contribution in [0.25, 0.3) is 11.4 Å². The fraction of sp³-hybridized carbons (Fsp3) is 0.111. The van der Waals surface area contributed by atoms with Crippen molar-refractivity contribution in [3.8, 4) is 11.4 Å². The maximum absolute atomic E-state index is 5.58. The second-order valence-corrected chi connectivity index (χ2v) is 6.53. The van der Waals surface area contributed by atoms with E-state index in [1.165, 1.54) is 11.8 Å². The molecule has 4 rings (SSSR count). The zero-order chi connectivity index (χ0) is 17.1. The molecule has 0 amide bonds. The second-order valence-electron chi connectivity index (χ2n) is 5.46. The molecule has 124 valence electrons. The molecule has 0 radical (unpaired) electrons. The van der Waals surface area contributed by atoms with Gasteiger partial charge in [-0.15, -0.1) is 10.2 Å². The number of hydrogen-bond donors (Lipinski definition) is 0. The summed E-state index contributed by atoms with van der Waals surface area (Å²) in [6.07, 6.45) is 1.67. The Labute approximate surface area is 148 Å². The number of benzene rings is 2. The minimum atomic E-state index is -0.158. The summed E-state index contributed by atoms with van der Waals surface area (Å²) in [5.74, 6) is 1.12. The average Bonchev–Trinajstić information content (AvgIpc) is 3.30. The third-order valence-electron chi connectivity index (χ3n) is 3.69. The third-order valence-corrected chi connectivity index (χ3v) is 4.98. The second kappa shape index (κ2) is 6.90. The van der Waals surface area contributed by atoms with Gasteiger partial charge in [0, 0.05) is 12.6 Å². The number of aryl methyl sites for hydroxylation is 1. The van der Waals surface area contributed by atoms with Crippen LogP contribution in [-0.2, 0) is 7.05 Å². The maximum atomic E-state index is 5.58. The fourth-order valence-corrected chi connectivity index (χ4v) is 3.43. The first-order valence-electron chi connectivity index (χ1n) is 7.76. The van der Waals surface area contributed by atoms with E-state index in [0.717, 1.165) is 16.3 Å². The number of thioether (sulfide) groups is 1. The van der Waals surface area contributed by atoms with Crippen LogP contribution in [0.4, 0.5) is 0 Å². The molecule has 0 saturated heterocycles. The summed E-state index contributed by atoms with van der Waals surface area (Å²) < 4.78 is 7.45. The predicted molar refractivity (Wildman–Crippen MR) is 94.9 cm³/mol. The molecular formula is C18H15N5OS. The molecule has 0 N–H and O–H groups in total. The van der Waals surface area contributed by atoms with Gasteiger partial charge in [0.2, 0.25) is 11.7 Å². The molecule has 1 atom stereocenters. The molecule has 4 aromatic rings. The average molecular weight is 349 g/mol. The van der Waals surface area contributed by atoms with E-state index in [9.17, 15) is 0 Å². The van der Waals surface area contributed by atoms with Gasteiger partial charge in [0.15, 0.2) is 5.16 Å². The van der Waals surface area contributed by atoms with E-state index in [0.29, 0.717) is 11.7 Å². The van der Waals surface area contributed by atoms with Gasteiger partial charge >= 0.3 is 0 Å². The molecule has 2 aromatic carbocycles. The van der Waals surface area contributed by atoms with Crippen molar-refractivity contribution in [1.82, 2.24) is 24.9 Å². The van der Waals surface area contributed by atoms with Gasteiger partial charge in [-0.05, 0) is 5.56 Å². The number of hydrogen-bond acceptors (Lipinski definition) is 6. The fourth-order valence-electron chi connectivity index (χ4n) is 2.42. The van der Waals surface area contributed by atoms with Crippen molar-refractivity contribution in [2.45, 2.75) is 10.4 Å². The molecule has 0 spiro atoms. The molecule has 0 bridgehead atoms. The Morgan fingerprint density at radius 1 is 1.00 bits per heavy atom. The van der Waals surface area contributed by atoms with Crippen molar-refractivity contribution >= 4 is 11.8 Å². The van der Waals surface area contributed by atoms with Crippen molar-refractivity contribution in [1.29, 1.82) is 0 Å². The first-order valence-corrected chi connectivity index (χ1v) is 8.64. The van der Waals surface area contributed by atoms with Gasteiger partial charge < -0.3 is 9.09 Å². The zero-order valence-corrected chi connectivity index (χ0v) is 14.3. The van der Waals surface area contributed by atoms with Crippen LogP contribution in [-0.4, -0.2) is 24.9 Å². The van der Waals surface area contributed by atoms with E-state index in [4.69, 9.17) is 4.52 Å². The van der Waals surface area contributed by atoms with Gasteiger partial charge in [0.1, 0.15) is 11.6 Å². The van der Waals surface area contributed by atoms with Gasteiger partial charge in [-0.2, -0.15) is 4.98 Å². The summed E-state index contributed by atoms with van der Waals surface area (Å²) in [5.41, 5.74) is 1.99. The van der Waals surface area contributed by atoms with Crippen molar-refractivity contribution in [2.24, 2.45) is 7.05 Å². The minimum absolute atomic E-state index is 0.158. The quantitative estimate of drug-likeness (QED) is 0.511. The lowest BCUT2D eigenvalue weighted by molar-refractivity contribution is 0.384. The summed E-state index contributed by atoms with van der Waals surface area (Å²) in [6.45, 7) is 0. The van der Waals surface area contributed by atoms with E-state index in [2.05, 4.69) is 20.3 Å². The van der Waals surface area contributed by atoms with E-state index in [1.54, 1.807) is 6.33 Å². The molecule has 0 fully saturated rings. The Kier molecular flexibility index (Phi) is 4.30. The lowest BCUT2D eigenvalue weighted by atomic mass is 10.1. The van der Waals surface area contributed by atoms with E-state index >= 15 is 0 Å². The van der Waals surface area contributed by atoms with Crippen LogP contribution in [0, 0.1) is 0 Å². The lowest BCUT2D eigenvalue weighted by Crippen LogP contribution is -2.00. The molecule has 6 nitrogen and oxygen atoms in total. The van der Waals surface area contributed by atoms with Crippen molar-refractivity contribution in [2.75, 3.05) is 0 Å². The maximum Gasteiger partial charge on any atom is 0.245 e. The normalized spacial score (nSPS) is 12.2. The van der Waals surface area contributed by atoms with Crippen LogP contribution in [0.15, 0.2) is 76.7 Å². The SMILES string of the molecule is Cn1cnnc1SC(c1ccccc1)c1nc(-c2ccccc2)no1. The number of rotatable bonds is 5.